The normalized spacial score (nSPS) is 53.2. The van der Waals surface area contributed by atoms with Gasteiger partial charge in [-0.25, -0.2) is 4.79 Å². The maximum absolute atomic E-state index is 14.7. The Balaban J connectivity index is 1.03. The summed E-state index contributed by atoms with van der Waals surface area (Å²) in [6.45, 7) is 14.3. The molecule has 376 valence electrons. The molecule has 0 aromatic rings. The van der Waals surface area contributed by atoms with Gasteiger partial charge in [-0.1, -0.05) is 60.1 Å². The first kappa shape index (κ1) is 50.5. The molecule has 3 saturated heterocycles. The van der Waals surface area contributed by atoms with E-state index < -0.39 is 146 Å². The minimum Gasteiger partial charge on any atom is -0.479 e. The molecule has 5 aliphatic carbocycles. The van der Waals surface area contributed by atoms with E-state index in [-0.39, 0.29) is 34.5 Å². The summed E-state index contributed by atoms with van der Waals surface area (Å²) in [7, 11) is 0. The van der Waals surface area contributed by atoms with Crippen molar-refractivity contribution in [2.75, 3.05) is 13.2 Å². The fourth-order valence-corrected chi connectivity index (χ4v) is 14.8. The Bertz CT molecular complexity index is 1860. The lowest BCUT2D eigenvalue weighted by Gasteiger charge is -2.71. The summed E-state index contributed by atoms with van der Waals surface area (Å²) < 4.78 is 34.7. The minimum absolute atomic E-state index is 0.0684. The maximum Gasteiger partial charge on any atom is 0.335 e. The second-order valence-electron chi connectivity index (χ2n) is 23.2. The third-order valence-electron chi connectivity index (χ3n) is 18.9. The largest absolute Gasteiger partial charge is 0.479 e. The van der Waals surface area contributed by atoms with Crippen LogP contribution in [0, 0.1) is 50.2 Å². The van der Waals surface area contributed by atoms with Crippen LogP contribution in [0.15, 0.2) is 11.6 Å². The van der Waals surface area contributed by atoms with Gasteiger partial charge in [-0.3, -0.25) is 4.79 Å². The van der Waals surface area contributed by atoms with Crippen molar-refractivity contribution >= 4 is 11.9 Å². The summed E-state index contributed by atoms with van der Waals surface area (Å²) >= 11 is 0. The van der Waals surface area contributed by atoms with Crippen molar-refractivity contribution in [3.05, 3.63) is 11.6 Å². The average Bonchev–Trinajstić information content (AvgIpc) is 3.24. The van der Waals surface area contributed by atoms with Crippen molar-refractivity contribution in [3.8, 4) is 0 Å². The van der Waals surface area contributed by atoms with E-state index in [4.69, 9.17) is 28.4 Å². The Morgan fingerprint density at radius 3 is 2.05 bits per heavy atom. The van der Waals surface area contributed by atoms with Gasteiger partial charge in [0.15, 0.2) is 18.7 Å². The van der Waals surface area contributed by atoms with Crippen LogP contribution in [0.2, 0.25) is 0 Å². The van der Waals surface area contributed by atoms with Crippen LogP contribution in [0.1, 0.15) is 106 Å². The van der Waals surface area contributed by atoms with E-state index >= 15 is 0 Å². The van der Waals surface area contributed by atoms with Crippen LogP contribution in [-0.4, -0.2) is 180 Å². The van der Waals surface area contributed by atoms with Gasteiger partial charge >= 0.3 is 11.9 Å². The molecule has 0 unspecified atom stereocenters. The number of carboxylic acid groups (broad SMARTS) is 1. The van der Waals surface area contributed by atoms with Gasteiger partial charge in [0.1, 0.15) is 66.5 Å². The molecule has 0 amide bonds. The third-order valence-corrected chi connectivity index (χ3v) is 18.9. The number of aliphatic hydroxyl groups is 10. The Morgan fingerprint density at radius 2 is 1.38 bits per heavy atom. The van der Waals surface area contributed by atoms with Crippen molar-refractivity contribution in [1.82, 2.24) is 0 Å². The van der Waals surface area contributed by atoms with Gasteiger partial charge < -0.3 is 84.6 Å². The molecular formula is C47H74O19. The molecule has 8 aliphatic rings. The van der Waals surface area contributed by atoms with Crippen LogP contribution in [0.4, 0.5) is 0 Å². The van der Waals surface area contributed by atoms with Crippen molar-refractivity contribution in [3.63, 3.8) is 0 Å². The van der Waals surface area contributed by atoms with E-state index in [9.17, 15) is 65.8 Å². The zero-order valence-corrected chi connectivity index (χ0v) is 39.0. The van der Waals surface area contributed by atoms with E-state index in [0.29, 0.717) is 38.5 Å². The topological polar surface area (TPSA) is 312 Å². The zero-order valence-electron chi connectivity index (χ0n) is 39.0. The van der Waals surface area contributed by atoms with Crippen molar-refractivity contribution < 1.29 is 94.2 Å². The van der Waals surface area contributed by atoms with Gasteiger partial charge in [-0.2, -0.15) is 0 Å². The molecule has 19 heteroatoms. The molecule has 19 nitrogen and oxygen atoms in total. The first-order valence-corrected chi connectivity index (χ1v) is 23.8. The molecule has 66 heavy (non-hydrogen) atoms. The molecule has 7 fully saturated rings. The Hall–Kier alpha value is -1.92. The van der Waals surface area contributed by atoms with Gasteiger partial charge in [0.2, 0.25) is 6.29 Å². The van der Waals surface area contributed by atoms with Crippen LogP contribution >= 0.6 is 0 Å². The molecule has 0 aromatic heterocycles. The molecule has 0 bridgehead atoms. The first-order valence-electron chi connectivity index (χ1n) is 23.8. The standard InChI is InChI=1S/C47H74O19/c1-42(2)14-15-47(41(60)66-39-33(56)30(53)29(52)23(18-48)62-39)21(16-42)20-8-9-25-44(5)12-11-27(43(3,4)24(44)10-13-45(25,6)46(20,7)17-26(47)50)63-40-34(57)31(54)35(36(65-40)37(58)59)64-38-32(55)28(51)22(49)19-61-38/h8,21-36,38-40,48-57H,9-19H2,1-7H3,(H,58,59)/t21-,22-,23-,24-,25+,26-,27-,28+,29-,30+,31-,32-,33-,34-,35+,36+,38+,39+,40-,44+,45-,46-,47-/m1/s1. The highest BCUT2D eigenvalue weighted by molar-refractivity contribution is 5.80. The third kappa shape index (κ3) is 7.64. The number of carbonyl (C=O) groups is 2. The summed E-state index contributed by atoms with van der Waals surface area (Å²) in [6.07, 6.45) is -17.5. The quantitative estimate of drug-likeness (QED) is 0.0856. The van der Waals surface area contributed by atoms with Crippen LogP contribution in [0.25, 0.3) is 0 Å². The molecule has 3 heterocycles. The predicted molar refractivity (Wildman–Crippen MR) is 226 cm³/mol. The molecule has 4 saturated carbocycles. The highest BCUT2D eigenvalue weighted by Gasteiger charge is 2.72. The van der Waals surface area contributed by atoms with Gasteiger partial charge in [-0.15, -0.1) is 0 Å². The molecule has 11 N–H and O–H groups in total. The number of hydrogen-bond acceptors (Lipinski definition) is 18. The van der Waals surface area contributed by atoms with Gasteiger partial charge in [0, 0.05) is 0 Å². The fraction of sp³-hybridized carbons (Fsp3) is 0.915. The van der Waals surface area contributed by atoms with Crippen molar-refractivity contribution in [2.45, 2.75) is 204 Å². The molecule has 8 rings (SSSR count). The summed E-state index contributed by atoms with van der Waals surface area (Å²) in [4.78, 5) is 27.2. The lowest BCUT2D eigenvalue weighted by atomic mass is 9.33. The molecule has 0 radical (unpaired) electrons. The number of rotatable bonds is 8. The number of aliphatic hydroxyl groups excluding tert-OH is 10. The van der Waals surface area contributed by atoms with Gasteiger partial charge in [0.25, 0.3) is 0 Å². The van der Waals surface area contributed by atoms with Crippen LogP contribution < -0.4 is 0 Å². The van der Waals surface area contributed by atoms with Gasteiger partial charge in [-0.05, 0) is 103 Å². The highest BCUT2D eigenvalue weighted by Crippen LogP contribution is 2.76. The fourth-order valence-electron chi connectivity index (χ4n) is 14.8. The zero-order chi connectivity index (χ0) is 48.4. The van der Waals surface area contributed by atoms with Crippen molar-refractivity contribution in [1.29, 1.82) is 0 Å². The van der Waals surface area contributed by atoms with Crippen LogP contribution in [-0.2, 0) is 38.0 Å². The van der Waals surface area contributed by atoms with E-state index in [0.717, 1.165) is 18.4 Å². The lowest BCUT2D eigenvalue weighted by Crippen LogP contribution is -2.68. The van der Waals surface area contributed by atoms with E-state index in [1.165, 1.54) is 0 Å². The average molecular weight is 943 g/mol. The number of ether oxygens (including phenoxy) is 6. The SMILES string of the molecule is CC1(C)CC[C@]2(C(=O)O[C@@H]3O[C@H](CO)[C@@H](O)[C@H](O)[C@H]3O)[C@H](O)C[C@]3(C)C(=CC[C@H]4[C@@]5(C)CC[C@@H](O[C@@H]6O[C@H](C(=O)O)[C@@H](O[C@@H]7OC[C@@H](O)[C@H](O)[C@H]7O)[C@H](O)[C@H]6O)C(C)(C)[C@H]5CC[C@]43C)[C@H]2C1. The summed E-state index contributed by atoms with van der Waals surface area (Å²) in [5.41, 5.74) is -2.18. The van der Waals surface area contributed by atoms with E-state index in [2.05, 4.69) is 54.5 Å². The number of aliphatic carboxylic acids is 1. The molecule has 23 atom stereocenters. The summed E-state index contributed by atoms with van der Waals surface area (Å²) in [6, 6.07) is 0. The minimum atomic E-state index is -1.87. The van der Waals surface area contributed by atoms with E-state index in [1.54, 1.807) is 0 Å². The van der Waals surface area contributed by atoms with Crippen LogP contribution in [0.5, 0.6) is 0 Å². The van der Waals surface area contributed by atoms with E-state index in [1.807, 2.05) is 0 Å². The Kier molecular flexibility index (Phi) is 13.3. The lowest BCUT2D eigenvalue weighted by molar-refractivity contribution is -0.354. The Morgan fingerprint density at radius 1 is 0.712 bits per heavy atom. The number of hydrogen-bond donors (Lipinski definition) is 11. The number of allylic oxidation sites excluding steroid dienone is 2. The maximum atomic E-state index is 14.7. The number of carbonyl (C=O) groups excluding carboxylic acids is 1. The van der Waals surface area contributed by atoms with Crippen LogP contribution in [0.3, 0.4) is 0 Å². The number of esters is 1. The summed E-state index contributed by atoms with van der Waals surface area (Å²) in [5.74, 6) is -2.51. The smallest absolute Gasteiger partial charge is 0.335 e. The second-order valence-corrected chi connectivity index (χ2v) is 23.2. The summed E-state index contributed by atoms with van der Waals surface area (Å²) in [5, 5.41) is 117. The number of fused-ring (bicyclic) bond motifs is 7. The molecule has 0 spiro atoms. The van der Waals surface area contributed by atoms with Gasteiger partial charge in [0.05, 0.1) is 25.4 Å². The molecule has 0 aromatic carbocycles. The number of carboxylic acids is 1. The second kappa shape index (κ2) is 17.4. The monoisotopic (exact) mass is 942 g/mol. The molecule has 3 aliphatic heterocycles. The molecular weight excluding hydrogens is 868 g/mol. The first-order chi connectivity index (χ1) is 30.7. The predicted octanol–water partition coefficient (Wildman–Crippen LogP) is -0.157. The Labute approximate surface area is 385 Å². The highest BCUT2D eigenvalue weighted by atomic mass is 16.7. The van der Waals surface area contributed by atoms with Crippen molar-refractivity contribution in [2.24, 2.45) is 50.2 Å².